The van der Waals surface area contributed by atoms with Crippen molar-refractivity contribution in [1.29, 1.82) is 0 Å². The summed E-state index contributed by atoms with van der Waals surface area (Å²) in [6.45, 7) is 9.92. The second-order valence-corrected chi connectivity index (χ2v) is 9.78. The number of carbonyl (C=O) groups is 1. The maximum absolute atomic E-state index is 13.9. The molecular weight excluding hydrogens is 473 g/mol. The molecule has 37 heavy (non-hydrogen) atoms. The zero-order valence-corrected chi connectivity index (χ0v) is 21.8. The van der Waals surface area contributed by atoms with E-state index in [4.69, 9.17) is 14.2 Å². The molecule has 0 atom stereocenters. The first kappa shape index (κ1) is 25.9. The third-order valence-electron chi connectivity index (χ3n) is 6.15. The van der Waals surface area contributed by atoms with Crippen molar-refractivity contribution >= 4 is 16.9 Å². The predicted molar refractivity (Wildman–Crippen MR) is 142 cm³/mol. The van der Waals surface area contributed by atoms with Crippen molar-refractivity contribution < 1.29 is 23.4 Å². The molecule has 0 fully saturated rings. The first-order valence-electron chi connectivity index (χ1n) is 12.0. The average Bonchev–Trinajstić information content (AvgIpc) is 2.84. The van der Waals surface area contributed by atoms with Gasteiger partial charge in [-0.25, -0.2) is 9.18 Å². The van der Waals surface area contributed by atoms with E-state index in [1.807, 2.05) is 25.1 Å². The number of para-hydroxylation sites is 1. The lowest BCUT2D eigenvalue weighted by Gasteiger charge is -2.24. The summed E-state index contributed by atoms with van der Waals surface area (Å²) in [5.41, 5.74) is 2.36. The molecule has 6 nitrogen and oxygen atoms in total. The molecule has 4 aromatic rings. The number of aromatic nitrogens is 1. The molecule has 0 spiro atoms. The van der Waals surface area contributed by atoms with Gasteiger partial charge in [0.2, 0.25) is 5.43 Å². The van der Waals surface area contributed by atoms with Crippen molar-refractivity contribution in [3.05, 3.63) is 87.3 Å². The number of hydrogen-bond acceptors (Lipinski definition) is 5. The molecule has 0 amide bonds. The second kappa shape index (κ2) is 10.1. The first-order chi connectivity index (χ1) is 17.5. The topological polar surface area (TPSA) is 77.6 Å². The highest BCUT2D eigenvalue weighted by atomic mass is 19.1. The third-order valence-corrected chi connectivity index (χ3v) is 6.15. The normalized spacial score (nSPS) is 11.4. The van der Waals surface area contributed by atoms with Gasteiger partial charge in [-0.3, -0.25) is 4.79 Å². The summed E-state index contributed by atoms with van der Waals surface area (Å²) < 4.78 is 30.9. The number of aryl methyl sites for hydroxylation is 1. The number of fused-ring (bicyclic) bond motifs is 1. The number of benzene rings is 3. The Kier molecular flexibility index (Phi) is 7.07. The van der Waals surface area contributed by atoms with E-state index in [0.29, 0.717) is 22.2 Å². The summed E-state index contributed by atoms with van der Waals surface area (Å²) >= 11 is 0. The molecule has 1 heterocycles. The smallest absolute Gasteiger partial charge is 0.344 e. The SMILES string of the molecule is CCOC(=O)c1c(-c2c(C)cc(C(C)(C)C)cc2Oc2ccc(F)cc2OC)[nH]c2ccccc2c1=O. The quantitative estimate of drug-likeness (QED) is 0.289. The summed E-state index contributed by atoms with van der Waals surface area (Å²) in [6.07, 6.45) is 0. The van der Waals surface area contributed by atoms with Gasteiger partial charge in [0.15, 0.2) is 11.5 Å². The van der Waals surface area contributed by atoms with Crippen LogP contribution in [-0.2, 0) is 10.2 Å². The van der Waals surface area contributed by atoms with E-state index < -0.39 is 17.2 Å². The highest BCUT2D eigenvalue weighted by Gasteiger charge is 2.27. The largest absolute Gasteiger partial charge is 0.493 e. The number of carbonyl (C=O) groups excluding carboxylic acids is 1. The van der Waals surface area contributed by atoms with Gasteiger partial charge in [0.25, 0.3) is 0 Å². The Morgan fingerprint density at radius 3 is 2.41 bits per heavy atom. The summed E-state index contributed by atoms with van der Waals surface area (Å²) in [7, 11) is 1.43. The predicted octanol–water partition coefficient (Wildman–Crippen LogP) is 6.92. The third kappa shape index (κ3) is 5.07. The molecular formula is C30H30FNO5. The first-order valence-corrected chi connectivity index (χ1v) is 12.0. The van der Waals surface area contributed by atoms with Crippen LogP contribution in [0.4, 0.5) is 4.39 Å². The number of rotatable bonds is 6. The number of esters is 1. The van der Waals surface area contributed by atoms with Crippen LogP contribution in [0.5, 0.6) is 17.2 Å². The lowest BCUT2D eigenvalue weighted by Crippen LogP contribution is -2.21. The van der Waals surface area contributed by atoms with E-state index in [2.05, 4.69) is 25.8 Å². The van der Waals surface area contributed by atoms with Gasteiger partial charge in [-0.05, 0) is 60.7 Å². The molecule has 1 N–H and O–H groups in total. The molecule has 192 valence electrons. The van der Waals surface area contributed by atoms with Crippen LogP contribution in [0, 0.1) is 12.7 Å². The van der Waals surface area contributed by atoms with Crippen molar-refractivity contribution in [3.63, 3.8) is 0 Å². The minimum atomic E-state index is -0.728. The number of hydrogen-bond donors (Lipinski definition) is 1. The summed E-state index contributed by atoms with van der Waals surface area (Å²) in [4.78, 5) is 29.9. The molecule has 7 heteroatoms. The van der Waals surface area contributed by atoms with Crippen molar-refractivity contribution in [2.75, 3.05) is 13.7 Å². The minimum Gasteiger partial charge on any atom is -0.493 e. The molecule has 4 rings (SSSR count). The lowest BCUT2D eigenvalue weighted by molar-refractivity contribution is 0.0525. The Morgan fingerprint density at radius 2 is 1.73 bits per heavy atom. The summed E-state index contributed by atoms with van der Waals surface area (Å²) in [6, 6.07) is 14.9. The van der Waals surface area contributed by atoms with Crippen molar-refractivity contribution in [2.24, 2.45) is 0 Å². The highest BCUT2D eigenvalue weighted by molar-refractivity contribution is 6.01. The fourth-order valence-corrected chi connectivity index (χ4v) is 4.25. The number of ether oxygens (including phenoxy) is 3. The van der Waals surface area contributed by atoms with Crippen LogP contribution in [0.25, 0.3) is 22.2 Å². The van der Waals surface area contributed by atoms with E-state index in [1.54, 1.807) is 25.1 Å². The van der Waals surface area contributed by atoms with Gasteiger partial charge in [0.05, 0.1) is 19.4 Å². The number of methoxy groups -OCH3 is 1. The Hall–Kier alpha value is -4.13. The summed E-state index contributed by atoms with van der Waals surface area (Å²) in [5.74, 6) is -0.313. The number of aromatic amines is 1. The van der Waals surface area contributed by atoms with Gasteiger partial charge in [0.1, 0.15) is 17.1 Å². The van der Waals surface area contributed by atoms with Crippen LogP contribution in [0.3, 0.4) is 0 Å². The molecule has 3 aromatic carbocycles. The summed E-state index contributed by atoms with van der Waals surface area (Å²) in [5, 5.41) is 0.376. The minimum absolute atomic E-state index is 0.108. The average molecular weight is 504 g/mol. The van der Waals surface area contributed by atoms with Gasteiger partial charge in [0, 0.05) is 22.5 Å². The Morgan fingerprint density at radius 1 is 1.00 bits per heavy atom. The fraction of sp³-hybridized carbons (Fsp3) is 0.267. The van der Waals surface area contributed by atoms with Crippen LogP contribution in [0.2, 0.25) is 0 Å². The molecule has 1 aromatic heterocycles. The van der Waals surface area contributed by atoms with Crippen LogP contribution >= 0.6 is 0 Å². The number of H-pyrrole nitrogens is 1. The molecule has 0 unspecified atom stereocenters. The van der Waals surface area contributed by atoms with Crippen LogP contribution in [0.15, 0.2) is 59.4 Å². The molecule has 0 saturated carbocycles. The molecule has 0 aliphatic carbocycles. The van der Waals surface area contributed by atoms with E-state index in [1.165, 1.54) is 25.3 Å². The van der Waals surface area contributed by atoms with Crippen LogP contribution in [0.1, 0.15) is 49.2 Å². The standard InChI is InChI=1S/C30H30FNO5/c1-7-36-29(34)26-27(32-21-11-9-8-10-20(21)28(26)33)25-17(2)14-18(30(3,4)5)15-24(25)37-22-13-12-19(31)16-23(22)35-6/h8-16H,7H2,1-6H3,(H,32,33). The lowest BCUT2D eigenvalue weighted by atomic mass is 9.84. The zero-order valence-electron chi connectivity index (χ0n) is 21.8. The van der Waals surface area contributed by atoms with Crippen molar-refractivity contribution in [2.45, 2.75) is 40.0 Å². The zero-order chi connectivity index (χ0) is 26.9. The number of halogens is 1. The van der Waals surface area contributed by atoms with Gasteiger partial charge < -0.3 is 19.2 Å². The van der Waals surface area contributed by atoms with Crippen molar-refractivity contribution in [3.8, 4) is 28.5 Å². The van der Waals surface area contributed by atoms with Gasteiger partial charge >= 0.3 is 5.97 Å². The number of pyridine rings is 1. The van der Waals surface area contributed by atoms with Gasteiger partial charge in [-0.1, -0.05) is 39.0 Å². The fourth-order valence-electron chi connectivity index (χ4n) is 4.25. The Balaban J connectivity index is 2.07. The highest BCUT2D eigenvalue weighted by Crippen LogP contribution is 2.42. The maximum Gasteiger partial charge on any atom is 0.344 e. The molecule has 0 bridgehead atoms. The van der Waals surface area contributed by atoms with Crippen molar-refractivity contribution in [1.82, 2.24) is 4.98 Å². The Labute approximate surface area is 215 Å². The van der Waals surface area contributed by atoms with Crippen LogP contribution in [-0.4, -0.2) is 24.7 Å². The maximum atomic E-state index is 13.9. The van der Waals surface area contributed by atoms with E-state index in [9.17, 15) is 14.0 Å². The second-order valence-electron chi connectivity index (χ2n) is 9.78. The van der Waals surface area contributed by atoms with Crippen LogP contribution < -0.4 is 14.9 Å². The molecule has 0 radical (unpaired) electrons. The Bertz CT molecular complexity index is 1550. The molecule has 0 saturated heterocycles. The van der Waals surface area contributed by atoms with Gasteiger partial charge in [-0.2, -0.15) is 0 Å². The molecule has 0 aliphatic rings. The van der Waals surface area contributed by atoms with E-state index in [-0.39, 0.29) is 34.8 Å². The van der Waals surface area contributed by atoms with Gasteiger partial charge in [-0.15, -0.1) is 0 Å². The molecule has 0 aliphatic heterocycles. The van der Waals surface area contributed by atoms with E-state index >= 15 is 0 Å². The monoisotopic (exact) mass is 503 g/mol. The number of nitrogens with one attached hydrogen (secondary N) is 1. The van der Waals surface area contributed by atoms with E-state index in [0.717, 1.165) is 11.1 Å².